The number of rotatable bonds is 4. The predicted octanol–water partition coefficient (Wildman–Crippen LogP) is 3.63. The van der Waals surface area contributed by atoms with Gasteiger partial charge in [0.2, 0.25) is 5.75 Å². The van der Waals surface area contributed by atoms with Crippen LogP contribution in [0.15, 0.2) is 18.2 Å². The molecule has 2 N–H and O–H groups in total. The van der Waals surface area contributed by atoms with E-state index in [0.717, 1.165) is 18.2 Å². The van der Waals surface area contributed by atoms with Gasteiger partial charge in [-0.1, -0.05) is 0 Å². The van der Waals surface area contributed by atoms with Crippen molar-refractivity contribution < 1.29 is 24.8 Å². The Labute approximate surface area is 136 Å². The highest BCUT2D eigenvalue weighted by Crippen LogP contribution is 2.45. The number of nitro groups is 2. The first-order valence-corrected chi connectivity index (χ1v) is 6.77. The Hall–Kier alpha value is -3.36. The van der Waals surface area contributed by atoms with Gasteiger partial charge in [-0.25, -0.2) is 0 Å². The van der Waals surface area contributed by atoms with Crippen LogP contribution in [0.2, 0.25) is 0 Å². The van der Waals surface area contributed by atoms with Crippen LogP contribution in [-0.4, -0.2) is 20.1 Å². The van der Waals surface area contributed by atoms with Gasteiger partial charge in [0.25, 0.3) is 5.69 Å². The molecule has 0 heterocycles. The lowest BCUT2D eigenvalue weighted by Crippen LogP contribution is -1.98. The van der Waals surface area contributed by atoms with Gasteiger partial charge in [0, 0.05) is 23.3 Å². The van der Waals surface area contributed by atoms with Crippen molar-refractivity contribution in [3.63, 3.8) is 0 Å². The summed E-state index contributed by atoms with van der Waals surface area (Å²) < 4.78 is 5.38. The quantitative estimate of drug-likeness (QED) is 0.495. The van der Waals surface area contributed by atoms with Gasteiger partial charge in [0.05, 0.1) is 15.9 Å². The maximum atomic E-state index is 11.1. The zero-order valence-electron chi connectivity index (χ0n) is 13.1. The van der Waals surface area contributed by atoms with Crippen LogP contribution in [0.5, 0.6) is 23.0 Å². The summed E-state index contributed by atoms with van der Waals surface area (Å²) in [6, 6.07) is 2.82. The van der Waals surface area contributed by atoms with Gasteiger partial charge >= 0.3 is 5.69 Å². The number of phenolic OH excluding ortho intramolecular Hbond substituents is 2. The second-order valence-corrected chi connectivity index (χ2v) is 5.17. The van der Waals surface area contributed by atoms with Crippen LogP contribution in [0, 0.1) is 41.0 Å². The van der Waals surface area contributed by atoms with Crippen molar-refractivity contribution in [2.45, 2.75) is 20.8 Å². The fourth-order valence-electron chi connectivity index (χ4n) is 2.18. The van der Waals surface area contributed by atoms with Crippen molar-refractivity contribution in [2.24, 2.45) is 0 Å². The molecule has 0 unspecified atom stereocenters. The van der Waals surface area contributed by atoms with Crippen LogP contribution < -0.4 is 4.74 Å². The SMILES string of the molecule is Cc1c(C)c(O)c(Oc2cc([N+](=O)[O-])ccc2[N+](=O)[O-])c(C)c1O. The van der Waals surface area contributed by atoms with Crippen LogP contribution in [0.1, 0.15) is 16.7 Å². The van der Waals surface area contributed by atoms with E-state index in [4.69, 9.17) is 4.74 Å². The lowest BCUT2D eigenvalue weighted by Gasteiger charge is -2.16. The maximum Gasteiger partial charge on any atom is 0.312 e. The standard InChI is InChI=1S/C15H14N2O7/c1-7-8(2)14(19)15(9(3)13(7)18)24-12-6-10(16(20)21)4-5-11(12)17(22)23/h4-6,18-19H,1-3H3. The van der Waals surface area contributed by atoms with E-state index >= 15 is 0 Å². The average molecular weight is 334 g/mol. The zero-order chi connectivity index (χ0) is 18.2. The Bertz CT molecular complexity index is 832. The van der Waals surface area contributed by atoms with Crippen molar-refractivity contribution in [1.82, 2.24) is 0 Å². The van der Waals surface area contributed by atoms with Crippen LogP contribution >= 0.6 is 0 Å². The number of phenols is 2. The average Bonchev–Trinajstić information content (AvgIpc) is 2.54. The number of nitro benzene ring substituents is 2. The Morgan fingerprint density at radius 2 is 1.50 bits per heavy atom. The van der Waals surface area contributed by atoms with E-state index in [1.54, 1.807) is 13.8 Å². The minimum Gasteiger partial charge on any atom is -0.507 e. The molecule has 126 valence electrons. The summed E-state index contributed by atoms with van der Waals surface area (Å²) in [5.74, 6) is -1.04. The fraction of sp³-hybridized carbons (Fsp3) is 0.200. The number of non-ortho nitro benzene ring substituents is 1. The van der Waals surface area contributed by atoms with Crippen molar-refractivity contribution in [3.05, 3.63) is 55.1 Å². The number of ether oxygens (including phenoxy) is 1. The number of aromatic hydroxyl groups is 2. The normalized spacial score (nSPS) is 10.5. The monoisotopic (exact) mass is 334 g/mol. The Morgan fingerprint density at radius 3 is 2.04 bits per heavy atom. The van der Waals surface area contributed by atoms with Gasteiger partial charge in [-0.05, 0) is 26.3 Å². The van der Waals surface area contributed by atoms with Gasteiger partial charge in [-0.2, -0.15) is 0 Å². The molecule has 0 amide bonds. The summed E-state index contributed by atoms with van der Waals surface area (Å²) in [5, 5.41) is 42.2. The largest absolute Gasteiger partial charge is 0.507 e. The molecule has 2 aromatic rings. The van der Waals surface area contributed by atoms with E-state index < -0.39 is 27.0 Å². The summed E-state index contributed by atoms with van der Waals surface area (Å²) in [5.41, 5.74) is 0.0291. The van der Waals surface area contributed by atoms with Gasteiger partial charge in [-0.15, -0.1) is 0 Å². The van der Waals surface area contributed by atoms with Crippen LogP contribution in [0.25, 0.3) is 0 Å². The predicted molar refractivity (Wildman–Crippen MR) is 83.8 cm³/mol. The van der Waals surface area contributed by atoms with Crippen LogP contribution in [0.4, 0.5) is 11.4 Å². The number of hydrogen-bond donors (Lipinski definition) is 2. The molecule has 0 aliphatic heterocycles. The molecule has 0 atom stereocenters. The van der Waals surface area contributed by atoms with E-state index in [0.29, 0.717) is 11.1 Å². The van der Waals surface area contributed by atoms with Gasteiger partial charge in [0.15, 0.2) is 11.5 Å². The minimum absolute atomic E-state index is 0.131. The molecular weight excluding hydrogens is 320 g/mol. The summed E-state index contributed by atoms with van der Waals surface area (Å²) in [4.78, 5) is 20.5. The smallest absolute Gasteiger partial charge is 0.312 e. The molecule has 0 saturated carbocycles. The molecule has 24 heavy (non-hydrogen) atoms. The number of benzene rings is 2. The number of nitrogens with zero attached hydrogens (tertiary/aromatic N) is 2. The molecule has 2 aromatic carbocycles. The summed E-state index contributed by atoms with van der Waals surface area (Å²) in [6.45, 7) is 4.59. The first-order chi connectivity index (χ1) is 11.1. The first kappa shape index (κ1) is 17.0. The molecular formula is C15H14N2O7. The molecule has 0 saturated heterocycles. The molecule has 0 bridgehead atoms. The summed E-state index contributed by atoms with van der Waals surface area (Å²) in [6.07, 6.45) is 0. The van der Waals surface area contributed by atoms with Crippen molar-refractivity contribution in [3.8, 4) is 23.0 Å². The lowest BCUT2D eigenvalue weighted by atomic mass is 10.0. The van der Waals surface area contributed by atoms with E-state index in [2.05, 4.69) is 0 Å². The molecule has 0 fully saturated rings. The Balaban J connectivity index is 2.66. The van der Waals surface area contributed by atoms with Crippen LogP contribution in [-0.2, 0) is 0 Å². The molecule has 0 aliphatic rings. The zero-order valence-corrected chi connectivity index (χ0v) is 13.1. The highest BCUT2D eigenvalue weighted by molar-refractivity contribution is 5.63. The van der Waals surface area contributed by atoms with Crippen molar-refractivity contribution in [2.75, 3.05) is 0 Å². The van der Waals surface area contributed by atoms with Gasteiger partial charge < -0.3 is 14.9 Å². The van der Waals surface area contributed by atoms with Crippen molar-refractivity contribution in [1.29, 1.82) is 0 Å². The lowest BCUT2D eigenvalue weighted by molar-refractivity contribution is -0.389. The van der Waals surface area contributed by atoms with E-state index in [1.165, 1.54) is 6.92 Å². The highest BCUT2D eigenvalue weighted by Gasteiger charge is 2.24. The molecule has 9 nitrogen and oxygen atoms in total. The number of hydrogen-bond acceptors (Lipinski definition) is 7. The second-order valence-electron chi connectivity index (χ2n) is 5.17. The third-order valence-electron chi connectivity index (χ3n) is 3.75. The molecule has 0 aromatic heterocycles. The summed E-state index contributed by atoms with van der Waals surface area (Å²) in [7, 11) is 0. The topological polar surface area (TPSA) is 136 Å². The molecule has 9 heteroatoms. The maximum absolute atomic E-state index is 11.1. The van der Waals surface area contributed by atoms with E-state index in [9.17, 15) is 30.4 Å². The Kier molecular flexibility index (Phi) is 4.27. The highest BCUT2D eigenvalue weighted by atomic mass is 16.6. The Morgan fingerprint density at radius 1 is 0.917 bits per heavy atom. The van der Waals surface area contributed by atoms with E-state index in [-0.39, 0.29) is 22.8 Å². The van der Waals surface area contributed by atoms with Gasteiger partial charge in [0.1, 0.15) is 5.75 Å². The molecule has 0 spiro atoms. The van der Waals surface area contributed by atoms with Crippen LogP contribution in [0.3, 0.4) is 0 Å². The first-order valence-electron chi connectivity index (χ1n) is 6.77. The second kappa shape index (κ2) is 6.03. The fourth-order valence-corrected chi connectivity index (χ4v) is 2.18. The third-order valence-corrected chi connectivity index (χ3v) is 3.75. The molecule has 2 rings (SSSR count). The molecule has 0 radical (unpaired) electrons. The summed E-state index contributed by atoms with van der Waals surface area (Å²) >= 11 is 0. The third kappa shape index (κ3) is 2.78. The molecule has 0 aliphatic carbocycles. The minimum atomic E-state index is -0.758. The van der Waals surface area contributed by atoms with E-state index in [1.807, 2.05) is 0 Å². The van der Waals surface area contributed by atoms with Gasteiger partial charge in [-0.3, -0.25) is 20.2 Å². The van der Waals surface area contributed by atoms with Crippen molar-refractivity contribution >= 4 is 11.4 Å².